The molecular weight excluding hydrogens is 312 g/mol. The van der Waals surface area contributed by atoms with Crippen LogP contribution in [0.1, 0.15) is 38.0 Å². The minimum Gasteiger partial charge on any atom is -0.352 e. The second kappa shape index (κ2) is 7.26. The van der Waals surface area contributed by atoms with Gasteiger partial charge in [-0.2, -0.15) is 0 Å². The fraction of sp³-hybridized carbons (Fsp3) is 0.615. The summed E-state index contributed by atoms with van der Waals surface area (Å²) >= 11 is 5.01. The van der Waals surface area contributed by atoms with Gasteiger partial charge in [0.2, 0.25) is 5.91 Å². The molecule has 0 aromatic carbocycles. The van der Waals surface area contributed by atoms with Crippen LogP contribution in [0.15, 0.2) is 15.9 Å². The molecule has 1 heterocycles. The molecule has 1 aromatic rings. The largest absolute Gasteiger partial charge is 0.352 e. The molecule has 3 N–H and O–H groups in total. The highest BCUT2D eigenvalue weighted by Gasteiger charge is 2.20. The van der Waals surface area contributed by atoms with Crippen molar-refractivity contribution in [3.63, 3.8) is 0 Å². The fourth-order valence-corrected chi connectivity index (χ4v) is 3.27. The average molecular weight is 333 g/mol. The second-order valence-corrected chi connectivity index (χ2v) is 7.43. The smallest absolute Gasteiger partial charge is 0.228 e. The number of hydrogen-bond donors (Lipinski definition) is 2. The van der Waals surface area contributed by atoms with Gasteiger partial charge in [-0.25, -0.2) is 0 Å². The van der Waals surface area contributed by atoms with Crippen LogP contribution in [0.2, 0.25) is 0 Å². The van der Waals surface area contributed by atoms with Gasteiger partial charge in [0.15, 0.2) is 0 Å². The van der Waals surface area contributed by atoms with Crippen LogP contribution in [-0.2, 0) is 4.79 Å². The molecule has 0 aliphatic heterocycles. The Kier molecular flexibility index (Phi) is 6.32. The van der Waals surface area contributed by atoms with Crippen molar-refractivity contribution >= 4 is 33.2 Å². The van der Waals surface area contributed by atoms with Crippen LogP contribution >= 0.6 is 27.3 Å². The number of carbonyl (C=O) groups is 1. The van der Waals surface area contributed by atoms with E-state index in [2.05, 4.69) is 35.1 Å². The molecule has 1 aromatic heterocycles. The molecule has 0 aliphatic rings. The van der Waals surface area contributed by atoms with Crippen LogP contribution in [0.5, 0.6) is 0 Å². The van der Waals surface area contributed by atoms with Gasteiger partial charge >= 0.3 is 0 Å². The highest BCUT2D eigenvalue weighted by molar-refractivity contribution is 9.11. The second-order valence-electron chi connectivity index (χ2n) is 4.93. The molecule has 0 fully saturated rings. The van der Waals surface area contributed by atoms with E-state index in [4.69, 9.17) is 5.73 Å². The highest BCUT2D eigenvalue weighted by Crippen LogP contribution is 2.28. The minimum atomic E-state index is -0.123. The SMILES string of the molecule is CC(C)CC(CN)NC(=O)C(C)c1ccc(Br)s1. The summed E-state index contributed by atoms with van der Waals surface area (Å²) in [5.74, 6) is 0.466. The van der Waals surface area contributed by atoms with Crippen LogP contribution in [0.3, 0.4) is 0 Å². The van der Waals surface area contributed by atoms with Gasteiger partial charge < -0.3 is 11.1 Å². The van der Waals surface area contributed by atoms with Crippen molar-refractivity contribution in [2.45, 2.75) is 39.2 Å². The van der Waals surface area contributed by atoms with Crippen LogP contribution in [0.25, 0.3) is 0 Å². The third-order valence-corrected chi connectivity index (χ3v) is 4.61. The van der Waals surface area contributed by atoms with E-state index in [9.17, 15) is 4.79 Å². The number of rotatable bonds is 6. The molecule has 18 heavy (non-hydrogen) atoms. The van der Waals surface area contributed by atoms with Gasteiger partial charge in [-0.05, 0) is 47.3 Å². The highest BCUT2D eigenvalue weighted by atomic mass is 79.9. The maximum atomic E-state index is 12.1. The zero-order valence-corrected chi connectivity index (χ0v) is 13.5. The van der Waals surface area contributed by atoms with Crippen molar-refractivity contribution < 1.29 is 4.79 Å². The molecule has 0 saturated carbocycles. The maximum absolute atomic E-state index is 12.1. The van der Waals surface area contributed by atoms with Gasteiger partial charge in [0.1, 0.15) is 0 Å². The molecule has 2 unspecified atom stereocenters. The van der Waals surface area contributed by atoms with Gasteiger partial charge in [0.25, 0.3) is 0 Å². The number of thiophene rings is 1. The Morgan fingerprint density at radius 2 is 2.11 bits per heavy atom. The molecule has 0 bridgehead atoms. The molecule has 0 aliphatic carbocycles. The van der Waals surface area contributed by atoms with E-state index >= 15 is 0 Å². The van der Waals surface area contributed by atoms with Gasteiger partial charge in [-0.1, -0.05) is 13.8 Å². The van der Waals surface area contributed by atoms with Crippen molar-refractivity contribution in [3.05, 3.63) is 20.8 Å². The summed E-state index contributed by atoms with van der Waals surface area (Å²) in [4.78, 5) is 13.2. The Morgan fingerprint density at radius 3 is 2.56 bits per heavy atom. The predicted molar refractivity (Wildman–Crippen MR) is 80.9 cm³/mol. The molecular formula is C13H21BrN2OS. The molecule has 3 nitrogen and oxygen atoms in total. The number of nitrogens with two attached hydrogens (primary N) is 1. The first kappa shape index (κ1) is 15.7. The third-order valence-electron chi connectivity index (χ3n) is 2.80. The van der Waals surface area contributed by atoms with E-state index in [-0.39, 0.29) is 17.9 Å². The Labute approximate surface area is 121 Å². The normalized spacial score (nSPS) is 14.6. The molecule has 2 atom stereocenters. The van der Waals surface area contributed by atoms with E-state index in [1.54, 1.807) is 11.3 Å². The third kappa shape index (κ3) is 4.71. The lowest BCUT2D eigenvalue weighted by molar-refractivity contribution is -0.122. The molecule has 0 saturated heterocycles. The monoisotopic (exact) mass is 332 g/mol. The Morgan fingerprint density at radius 1 is 1.44 bits per heavy atom. The standard InChI is InChI=1S/C13H21BrN2OS/c1-8(2)6-10(7-15)16-13(17)9(3)11-4-5-12(14)18-11/h4-5,8-10H,6-7,15H2,1-3H3,(H,16,17). The number of hydrogen-bond acceptors (Lipinski definition) is 3. The maximum Gasteiger partial charge on any atom is 0.228 e. The van der Waals surface area contributed by atoms with Crippen LogP contribution in [0.4, 0.5) is 0 Å². The molecule has 0 spiro atoms. The van der Waals surface area contributed by atoms with E-state index < -0.39 is 0 Å². The summed E-state index contributed by atoms with van der Waals surface area (Å²) in [7, 11) is 0. The average Bonchev–Trinajstić information content (AvgIpc) is 2.73. The van der Waals surface area contributed by atoms with E-state index in [1.165, 1.54) is 0 Å². The summed E-state index contributed by atoms with van der Waals surface area (Å²) in [5, 5.41) is 3.03. The van der Waals surface area contributed by atoms with Crippen molar-refractivity contribution in [2.75, 3.05) is 6.54 Å². The van der Waals surface area contributed by atoms with Crippen molar-refractivity contribution in [1.82, 2.24) is 5.32 Å². The lowest BCUT2D eigenvalue weighted by Gasteiger charge is -2.20. The summed E-state index contributed by atoms with van der Waals surface area (Å²) in [6.45, 7) is 6.69. The number of amides is 1. The number of nitrogens with one attached hydrogen (secondary N) is 1. The fourth-order valence-electron chi connectivity index (χ4n) is 1.80. The molecule has 102 valence electrons. The van der Waals surface area contributed by atoms with Gasteiger partial charge in [-0.15, -0.1) is 11.3 Å². The van der Waals surface area contributed by atoms with Crippen molar-refractivity contribution in [1.29, 1.82) is 0 Å². The zero-order valence-electron chi connectivity index (χ0n) is 11.1. The van der Waals surface area contributed by atoms with Crippen LogP contribution < -0.4 is 11.1 Å². The lowest BCUT2D eigenvalue weighted by Crippen LogP contribution is -2.42. The molecule has 1 rings (SSSR count). The topological polar surface area (TPSA) is 55.1 Å². The molecule has 5 heteroatoms. The van der Waals surface area contributed by atoms with E-state index in [0.717, 1.165) is 15.1 Å². The van der Waals surface area contributed by atoms with Crippen LogP contribution in [0, 0.1) is 5.92 Å². The zero-order chi connectivity index (χ0) is 13.7. The van der Waals surface area contributed by atoms with Crippen LogP contribution in [-0.4, -0.2) is 18.5 Å². The summed E-state index contributed by atoms with van der Waals surface area (Å²) in [6, 6.07) is 4.03. The Balaban J connectivity index is 2.58. The summed E-state index contributed by atoms with van der Waals surface area (Å²) in [6.07, 6.45) is 0.920. The summed E-state index contributed by atoms with van der Waals surface area (Å²) in [5.41, 5.74) is 5.69. The molecule has 1 amide bonds. The molecule has 0 radical (unpaired) electrons. The van der Waals surface area contributed by atoms with Crippen molar-refractivity contribution in [2.24, 2.45) is 11.7 Å². The van der Waals surface area contributed by atoms with Crippen molar-refractivity contribution in [3.8, 4) is 0 Å². The van der Waals surface area contributed by atoms with Gasteiger partial charge in [0, 0.05) is 17.5 Å². The minimum absolute atomic E-state index is 0.0560. The number of halogens is 1. The predicted octanol–water partition coefficient (Wildman–Crippen LogP) is 3.10. The van der Waals surface area contributed by atoms with Gasteiger partial charge in [0.05, 0.1) is 9.70 Å². The van der Waals surface area contributed by atoms with E-state index in [1.807, 2.05) is 19.1 Å². The van der Waals surface area contributed by atoms with E-state index in [0.29, 0.717) is 12.5 Å². The first-order valence-corrected chi connectivity index (χ1v) is 7.80. The quantitative estimate of drug-likeness (QED) is 0.840. The number of carbonyl (C=O) groups excluding carboxylic acids is 1. The first-order chi connectivity index (χ1) is 8.43. The first-order valence-electron chi connectivity index (χ1n) is 6.19. The summed E-state index contributed by atoms with van der Waals surface area (Å²) < 4.78 is 1.05. The Hall–Kier alpha value is -0.390. The van der Waals surface area contributed by atoms with Gasteiger partial charge in [-0.3, -0.25) is 4.79 Å². The Bertz CT molecular complexity index is 392. The lowest BCUT2D eigenvalue weighted by atomic mass is 10.0.